The van der Waals surface area contributed by atoms with E-state index in [4.69, 9.17) is 0 Å². The number of aryl methyl sites for hydroxylation is 3. The topological polar surface area (TPSA) is 100 Å². The number of benzene rings is 1. The van der Waals surface area contributed by atoms with Crippen molar-refractivity contribution in [1.29, 1.82) is 0 Å². The fourth-order valence-corrected chi connectivity index (χ4v) is 6.15. The quantitative estimate of drug-likeness (QED) is 0.551. The summed E-state index contributed by atoms with van der Waals surface area (Å²) in [6, 6.07) is 6.77. The lowest BCUT2D eigenvalue weighted by Crippen LogP contribution is -2.31. The van der Waals surface area contributed by atoms with E-state index < -0.39 is 10.0 Å². The van der Waals surface area contributed by atoms with Gasteiger partial charge in [-0.3, -0.25) is 9.48 Å². The van der Waals surface area contributed by atoms with E-state index in [0.29, 0.717) is 46.8 Å². The Bertz CT molecular complexity index is 1340. The maximum absolute atomic E-state index is 13.6. The van der Waals surface area contributed by atoms with Gasteiger partial charge >= 0.3 is 0 Å². The minimum absolute atomic E-state index is 0.170. The zero-order valence-corrected chi connectivity index (χ0v) is 21.2. The Balaban J connectivity index is 1.80. The van der Waals surface area contributed by atoms with Gasteiger partial charge in [0.1, 0.15) is 0 Å². The van der Waals surface area contributed by atoms with E-state index in [1.54, 1.807) is 36.0 Å². The highest BCUT2D eigenvalue weighted by molar-refractivity contribution is 7.89. The Morgan fingerprint density at radius 1 is 1.12 bits per heavy atom. The monoisotopic (exact) mass is 484 g/mol. The van der Waals surface area contributed by atoms with Crippen LogP contribution in [0, 0.1) is 13.8 Å². The molecule has 1 aromatic carbocycles. The standard InChI is InChI=1S/C24H32N6O3S/c1-6-30(7-2)34(32,33)18-10-11-21(29-12-8-9-13-29)20(15-18)26-24(31)19-14-16(3)25-23-22(19)17(4)27-28(23)5/h10-11,14-15H,6-9,12-13H2,1-5H3,(H,26,31). The summed E-state index contributed by atoms with van der Waals surface area (Å²) < 4.78 is 29.4. The molecule has 0 unspecified atom stereocenters. The second kappa shape index (κ2) is 9.34. The number of hydrogen-bond donors (Lipinski definition) is 1. The Kier molecular flexibility index (Phi) is 6.64. The third-order valence-corrected chi connectivity index (χ3v) is 8.39. The predicted molar refractivity (Wildman–Crippen MR) is 134 cm³/mol. The van der Waals surface area contributed by atoms with Gasteiger partial charge in [-0.25, -0.2) is 13.4 Å². The molecule has 3 aromatic rings. The summed E-state index contributed by atoms with van der Waals surface area (Å²) in [5, 5.41) is 8.14. The molecule has 4 rings (SSSR count). The number of aromatic nitrogens is 3. The Hall–Kier alpha value is -2.98. The summed E-state index contributed by atoms with van der Waals surface area (Å²) in [6.07, 6.45) is 2.12. The third kappa shape index (κ3) is 4.27. The molecule has 1 amide bonds. The Labute approximate surface area is 200 Å². The second-order valence-electron chi connectivity index (χ2n) is 8.64. The van der Waals surface area contributed by atoms with Gasteiger partial charge in [0.15, 0.2) is 5.65 Å². The zero-order valence-electron chi connectivity index (χ0n) is 20.4. The summed E-state index contributed by atoms with van der Waals surface area (Å²) in [4.78, 5) is 20.5. The molecule has 1 N–H and O–H groups in total. The summed E-state index contributed by atoms with van der Waals surface area (Å²) >= 11 is 0. The number of nitrogens with one attached hydrogen (secondary N) is 1. The molecular formula is C24H32N6O3S. The number of carbonyl (C=O) groups excluding carboxylic acids is 1. The van der Waals surface area contributed by atoms with E-state index in [0.717, 1.165) is 31.6 Å². The number of nitrogens with zero attached hydrogens (tertiary/aromatic N) is 5. The highest BCUT2D eigenvalue weighted by Crippen LogP contribution is 2.33. The maximum atomic E-state index is 13.6. The normalized spacial score (nSPS) is 14.4. The van der Waals surface area contributed by atoms with Crippen molar-refractivity contribution in [3.63, 3.8) is 0 Å². The molecule has 1 saturated heterocycles. The first-order chi connectivity index (χ1) is 16.2. The highest BCUT2D eigenvalue weighted by Gasteiger charge is 2.26. The number of amides is 1. The van der Waals surface area contributed by atoms with Crippen LogP contribution >= 0.6 is 0 Å². The Morgan fingerprint density at radius 2 is 1.79 bits per heavy atom. The second-order valence-corrected chi connectivity index (χ2v) is 10.6. The van der Waals surface area contributed by atoms with Crippen molar-refractivity contribution >= 4 is 38.3 Å². The molecule has 1 fully saturated rings. The smallest absolute Gasteiger partial charge is 0.256 e. The minimum Gasteiger partial charge on any atom is -0.370 e. The van der Waals surface area contributed by atoms with Crippen LogP contribution in [0.2, 0.25) is 0 Å². The first-order valence-electron chi connectivity index (χ1n) is 11.7. The molecule has 182 valence electrons. The van der Waals surface area contributed by atoms with Crippen LogP contribution in [0.25, 0.3) is 11.0 Å². The number of fused-ring (bicyclic) bond motifs is 1. The van der Waals surface area contributed by atoms with Gasteiger partial charge in [-0.15, -0.1) is 0 Å². The zero-order chi connectivity index (χ0) is 24.6. The van der Waals surface area contributed by atoms with Crippen LogP contribution in [-0.2, 0) is 17.1 Å². The van der Waals surface area contributed by atoms with Crippen molar-refractivity contribution in [3.8, 4) is 0 Å². The van der Waals surface area contributed by atoms with Crippen LogP contribution in [-0.4, -0.2) is 59.6 Å². The van der Waals surface area contributed by atoms with E-state index in [1.165, 1.54) is 4.31 Å². The molecule has 0 saturated carbocycles. The lowest BCUT2D eigenvalue weighted by atomic mass is 10.1. The van der Waals surface area contributed by atoms with E-state index >= 15 is 0 Å². The minimum atomic E-state index is -3.67. The van der Waals surface area contributed by atoms with Gasteiger partial charge in [-0.1, -0.05) is 13.8 Å². The van der Waals surface area contributed by atoms with Crippen LogP contribution in [0.3, 0.4) is 0 Å². The molecule has 0 atom stereocenters. The molecule has 0 radical (unpaired) electrons. The van der Waals surface area contributed by atoms with Gasteiger partial charge in [0.2, 0.25) is 10.0 Å². The van der Waals surface area contributed by atoms with E-state index in [1.807, 2.05) is 27.7 Å². The van der Waals surface area contributed by atoms with Crippen molar-refractivity contribution in [2.75, 3.05) is 36.4 Å². The van der Waals surface area contributed by atoms with Gasteiger partial charge in [0.05, 0.1) is 32.9 Å². The molecule has 0 aliphatic carbocycles. The van der Waals surface area contributed by atoms with E-state index in [-0.39, 0.29) is 10.8 Å². The number of hydrogen-bond acceptors (Lipinski definition) is 6. The number of pyridine rings is 1. The lowest BCUT2D eigenvalue weighted by molar-refractivity contribution is 0.102. The van der Waals surface area contributed by atoms with E-state index in [2.05, 4.69) is 20.3 Å². The van der Waals surface area contributed by atoms with Gasteiger partial charge < -0.3 is 10.2 Å². The van der Waals surface area contributed by atoms with Crippen molar-refractivity contribution in [3.05, 3.63) is 41.2 Å². The third-order valence-electron chi connectivity index (χ3n) is 6.35. The fraction of sp³-hybridized carbons (Fsp3) is 0.458. The van der Waals surface area contributed by atoms with Gasteiger partial charge in [-0.2, -0.15) is 9.40 Å². The molecule has 1 aliphatic heterocycles. The summed E-state index contributed by atoms with van der Waals surface area (Å²) in [5.74, 6) is -0.315. The van der Waals surface area contributed by atoms with Crippen molar-refractivity contribution in [2.24, 2.45) is 7.05 Å². The largest absolute Gasteiger partial charge is 0.370 e. The van der Waals surface area contributed by atoms with E-state index in [9.17, 15) is 13.2 Å². The molecule has 10 heteroatoms. The molecule has 1 aliphatic rings. The highest BCUT2D eigenvalue weighted by atomic mass is 32.2. The number of anilines is 2. The molecular weight excluding hydrogens is 452 g/mol. The Morgan fingerprint density at radius 3 is 2.44 bits per heavy atom. The first kappa shape index (κ1) is 24.2. The maximum Gasteiger partial charge on any atom is 0.256 e. The predicted octanol–water partition coefficient (Wildman–Crippen LogP) is 3.47. The number of carbonyl (C=O) groups is 1. The molecule has 3 heterocycles. The summed E-state index contributed by atoms with van der Waals surface area (Å²) in [6.45, 7) is 9.81. The van der Waals surface area contributed by atoms with Crippen LogP contribution in [0.5, 0.6) is 0 Å². The fourth-order valence-electron chi connectivity index (χ4n) is 4.66. The molecule has 0 spiro atoms. The van der Waals surface area contributed by atoms with Crippen molar-refractivity contribution in [1.82, 2.24) is 19.1 Å². The van der Waals surface area contributed by atoms with Crippen LogP contribution < -0.4 is 10.2 Å². The first-order valence-corrected chi connectivity index (χ1v) is 13.1. The van der Waals surface area contributed by atoms with Crippen molar-refractivity contribution in [2.45, 2.75) is 45.4 Å². The number of sulfonamides is 1. The molecule has 0 bridgehead atoms. The molecule has 34 heavy (non-hydrogen) atoms. The van der Waals surface area contributed by atoms with Crippen LogP contribution in [0.1, 0.15) is 48.4 Å². The average Bonchev–Trinajstić information content (AvgIpc) is 3.42. The van der Waals surface area contributed by atoms with Crippen LogP contribution in [0.15, 0.2) is 29.2 Å². The van der Waals surface area contributed by atoms with Crippen molar-refractivity contribution < 1.29 is 13.2 Å². The van der Waals surface area contributed by atoms with Crippen LogP contribution in [0.4, 0.5) is 11.4 Å². The number of rotatable bonds is 7. The lowest BCUT2D eigenvalue weighted by Gasteiger charge is -2.24. The molecule has 2 aromatic heterocycles. The SMILES string of the molecule is CCN(CC)S(=O)(=O)c1ccc(N2CCCC2)c(NC(=O)c2cc(C)nc3c2c(C)nn3C)c1. The summed E-state index contributed by atoms with van der Waals surface area (Å²) in [7, 11) is -1.87. The average molecular weight is 485 g/mol. The van der Waals surface area contributed by atoms with Gasteiger partial charge in [0.25, 0.3) is 5.91 Å². The molecule has 9 nitrogen and oxygen atoms in total. The summed E-state index contributed by atoms with van der Waals surface area (Å²) in [5.41, 5.74) is 3.85. The van der Waals surface area contributed by atoms with Gasteiger partial charge in [-0.05, 0) is 51.0 Å². The van der Waals surface area contributed by atoms with Gasteiger partial charge in [0, 0.05) is 38.9 Å².